The molecule has 0 N–H and O–H groups in total. The maximum absolute atomic E-state index is 9.62. The molecular formula is C12H24N2O4. The van der Waals surface area contributed by atoms with Gasteiger partial charge < -0.3 is 9.68 Å². The minimum absolute atomic E-state index is 0.446. The van der Waals surface area contributed by atoms with E-state index >= 15 is 0 Å². The highest BCUT2D eigenvalue weighted by Crippen LogP contribution is 2.10. The lowest BCUT2D eigenvalue weighted by Crippen LogP contribution is -1.88. The lowest BCUT2D eigenvalue weighted by Gasteiger charge is -2.02. The molecule has 0 aromatic carbocycles. The summed E-state index contributed by atoms with van der Waals surface area (Å²) in [5, 5.41) is 4.70. The number of hydrogen-bond donors (Lipinski definition) is 0. The molecule has 0 amide bonds. The van der Waals surface area contributed by atoms with E-state index in [1.54, 1.807) is 0 Å². The van der Waals surface area contributed by atoms with Crippen molar-refractivity contribution in [3.8, 4) is 0 Å². The number of unbranched alkanes of at least 4 members (excludes halogenated alkanes) is 9. The first kappa shape index (κ1) is 16.8. The number of rotatable bonds is 15. The van der Waals surface area contributed by atoms with Crippen molar-refractivity contribution in [2.75, 3.05) is 13.2 Å². The minimum atomic E-state index is 0.446. The van der Waals surface area contributed by atoms with Crippen molar-refractivity contribution < 1.29 is 9.68 Å². The third-order valence-electron chi connectivity index (χ3n) is 2.83. The van der Waals surface area contributed by atoms with E-state index in [1.165, 1.54) is 38.5 Å². The molecule has 0 radical (unpaired) electrons. The minimum Gasteiger partial charge on any atom is -0.364 e. The molecule has 106 valence electrons. The summed E-state index contributed by atoms with van der Waals surface area (Å²) >= 11 is 0. The van der Waals surface area contributed by atoms with Gasteiger partial charge in [-0.05, 0) is 25.7 Å². The fourth-order valence-electron chi connectivity index (χ4n) is 1.82. The molecule has 0 saturated heterocycles. The van der Waals surface area contributed by atoms with Gasteiger partial charge in [0.25, 0.3) is 0 Å². The number of nitrogens with zero attached hydrogens (tertiary/aromatic N) is 2. The van der Waals surface area contributed by atoms with Gasteiger partial charge in [0.05, 0.1) is 0 Å². The van der Waals surface area contributed by atoms with E-state index in [4.69, 9.17) is 0 Å². The summed E-state index contributed by atoms with van der Waals surface area (Å²) in [6.07, 6.45) is 11.4. The van der Waals surface area contributed by atoms with Gasteiger partial charge in [0.1, 0.15) is 13.2 Å². The van der Waals surface area contributed by atoms with E-state index in [2.05, 4.69) is 20.4 Å². The van der Waals surface area contributed by atoms with Crippen molar-refractivity contribution in [2.45, 2.75) is 64.2 Å². The maximum Gasteiger partial charge on any atom is 0.155 e. The molecule has 0 unspecified atom stereocenters. The van der Waals surface area contributed by atoms with Crippen LogP contribution in [0.15, 0.2) is 10.7 Å². The first-order chi connectivity index (χ1) is 8.91. The van der Waals surface area contributed by atoms with Gasteiger partial charge in [0.15, 0.2) is 10.7 Å². The summed E-state index contributed by atoms with van der Waals surface area (Å²) in [6, 6.07) is 0. The van der Waals surface area contributed by atoms with Crippen LogP contribution in [0.5, 0.6) is 0 Å². The van der Waals surface area contributed by atoms with Crippen LogP contribution in [-0.2, 0) is 9.68 Å². The average molecular weight is 260 g/mol. The summed E-state index contributed by atoms with van der Waals surface area (Å²) in [7, 11) is 0. The molecule has 0 bridgehead atoms. The van der Waals surface area contributed by atoms with Gasteiger partial charge in [0.2, 0.25) is 0 Å². The third-order valence-corrected chi connectivity index (χ3v) is 2.83. The van der Waals surface area contributed by atoms with Crippen molar-refractivity contribution in [3.63, 3.8) is 0 Å². The summed E-state index contributed by atoms with van der Waals surface area (Å²) in [5.41, 5.74) is 0. The molecule has 0 aromatic rings. The molecule has 0 aliphatic rings. The second kappa shape index (κ2) is 15.8. The Morgan fingerprint density at radius 2 is 0.778 bits per heavy atom. The van der Waals surface area contributed by atoms with E-state index in [0.29, 0.717) is 13.2 Å². The van der Waals surface area contributed by atoms with Gasteiger partial charge in [-0.15, -0.1) is 9.81 Å². The van der Waals surface area contributed by atoms with Gasteiger partial charge in [0, 0.05) is 0 Å². The Morgan fingerprint density at radius 3 is 1.06 bits per heavy atom. The highest BCUT2D eigenvalue weighted by Gasteiger charge is 1.94. The molecule has 0 heterocycles. The molecule has 6 nitrogen and oxygen atoms in total. The predicted octanol–water partition coefficient (Wildman–Crippen LogP) is 4.28. The molecule has 0 atom stereocenters. The molecule has 18 heavy (non-hydrogen) atoms. The Bertz CT molecular complexity index is 171. The van der Waals surface area contributed by atoms with Crippen LogP contribution in [-0.4, -0.2) is 13.2 Å². The normalized spacial score (nSPS) is 10.0. The zero-order valence-electron chi connectivity index (χ0n) is 11.0. The highest BCUT2D eigenvalue weighted by molar-refractivity contribution is 4.47. The Kier molecular flexibility index (Phi) is 14.7. The highest BCUT2D eigenvalue weighted by atomic mass is 16.7. The molecule has 0 rings (SSSR count). The largest absolute Gasteiger partial charge is 0.364 e. The summed E-state index contributed by atoms with van der Waals surface area (Å²) < 4.78 is 0. The fraction of sp³-hybridized carbons (Fsp3) is 1.00. The van der Waals surface area contributed by atoms with Gasteiger partial charge in [-0.2, -0.15) is 0 Å². The van der Waals surface area contributed by atoms with Gasteiger partial charge in [-0.3, -0.25) is 0 Å². The maximum atomic E-state index is 9.62. The monoisotopic (exact) mass is 260 g/mol. The zero-order valence-corrected chi connectivity index (χ0v) is 11.0. The fourth-order valence-corrected chi connectivity index (χ4v) is 1.82. The Labute approximate surface area is 108 Å². The summed E-state index contributed by atoms with van der Waals surface area (Å²) in [4.78, 5) is 28.0. The molecule has 0 fully saturated rings. The van der Waals surface area contributed by atoms with Crippen LogP contribution in [0, 0.1) is 9.81 Å². The van der Waals surface area contributed by atoms with Crippen molar-refractivity contribution in [3.05, 3.63) is 9.81 Å². The molecular weight excluding hydrogens is 236 g/mol. The third kappa shape index (κ3) is 14.8. The molecule has 0 spiro atoms. The van der Waals surface area contributed by atoms with Crippen molar-refractivity contribution in [2.24, 2.45) is 10.7 Å². The summed E-state index contributed by atoms with van der Waals surface area (Å²) in [6.45, 7) is 0.891. The van der Waals surface area contributed by atoms with Crippen LogP contribution < -0.4 is 0 Å². The molecule has 6 heteroatoms. The Balaban J connectivity index is 2.90. The Morgan fingerprint density at radius 1 is 0.500 bits per heavy atom. The van der Waals surface area contributed by atoms with Crippen LogP contribution in [0.2, 0.25) is 0 Å². The second-order valence-corrected chi connectivity index (χ2v) is 4.35. The zero-order chi connectivity index (χ0) is 13.3. The first-order valence-corrected chi connectivity index (χ1v) is 6.81. The SMILES string of the molecule is O=NOCCCCCCCCCCCCON=O. The first-order valence-electron chi connectivity index (χ1n) is 6.81. The standard InChI is InChI=1S/C12H24N2O4/c15-13-17-11-9-7-5-3-1-2-4-6-8-10-12-18-14-16/h1-12H2. The van der Waals surface area contributed by atoms with Gasteiger partial charge in [-0.1, -0.05) is 38.5 Å². The van der Waals surface area contributed by atoms with Crippen molar-refractivity contribution >= 4 is 0 Å². The average Bonchev–Trinajstić information content (AvgIpc) is 2.39. The van der Waals surface area contributed by atoms with Crippen LogP contribution in [0.25, 0.3) is 0 Å². The van der Waals surface area contributed by atoms with Crippen LogP contribution in [0.4, 0.5) is 0 Å². The van der Waals surface area contributed by atoms with Crippen LogP contribution in [0.3, 0.4) is 0 Å². The van der Waals surface area contributed by atoms with E-state index in [9.17, 15) is 9.81 Å². The molecule has 0 aliphatic carbocycles. The Hall–Kier alpha value is -1.20. The van der Waals surface area contributed by atoms with E-state index < -0.39 is 0 Å². The smallest absolute Gasteiger partial charge is 0.155 e. The second-order valence-electron chi connectivity index (χ2n) is 4.35. The molecule has 0 saturated carbocycles. The van der Waals surface area contributed by atoms with E-state index in [0.717, 1.165) is 25.7 Å². The van der Waals surface area contributed by atoms with Gasteiger partial charge in [-0.25, -0.2) is 0 Å². The lowest BCUT2D eigenvalue weighted by atomic mass is 10.1. The van der Waals surface area contributed by atoms with E-state index in [1.807, 2.05) is 0 Å². The predicted molar refractivity (Wildman–Crippen MR) is 69.7 cm³/mol. The topological polar surface area (TPSA) is 77.3 Å². The van der Waals surface area contributed by atoms with Gasteiger partial charge >= 0.3 is 0 Å². The molecule has 0 aliphatic heterocycles. The van der Waals surface area contributed by atoms with Crippen LogP contribution in [0.1, 0.15) is 64.2 Å². The molecule has 0 aromatic heterocycles. The van der Waals surface area contributed by atoms with Crippen molar-refractivity contribution in [1.82, 2.24) is 0 Å². The van der Waals surface area contributed by atoms with Crippen molar-refractivity contribution in [1.29, 1.82) is 0 Å². The quantitative estimate of drug-likeness (QED) is 0.250. The number of hydrogen-bond acceptors (Lipinski definition) is 6. The lowest BCUT2D eigenvalue weighted by molar-refractivity contribution is 0.134. The van der Waals surface area contributed by atoms with Crippen LogP contribution >= 0.6 is 0 Å². The van der Waals surface area contributed by atoms with E-state index in [-0.39, 0.29) is 0 Å². The summed E-state index contributed by atoms with van der Waals surface area (Å²) in [5.74, 6) is 0.